The van der Waals surface area contributed by atoms with E-state index in [9.17, 15) is 22.0 Å². The summed E-state index contributed by atoms with van der Waals surface area (Å²) in [6, 6.07) is 2.05. The van der Waals surface area contributed by atoms with Gasteiger partial charge in [-0.25, -0.2) is 13.8 Å². The van der Waals surface area contributed by atoms with Crippen molar-refractivity contribution in [3.05, 3.63) is 23.4 Å². The molecule has 0 unspecified atom stereocenters. The summed E-state index contributed by atoms with van der Waals surface area (Å²) in [6.07, 6.45) is -4.48. The van der Waals surface area contributed by atoms with Crippen LogP contribution in [0.4, 0.5) is 27.8 Å². The maximum atomic E-state index is 12.8. The van der Waals surface area contributed by atoms with Gasteiger partial charge in [0.1, 0.15) is 5.82 Å². The fourth-order valence-electron chi connectivity index (χ4n) is 1.99. The number of anilines is 1. The average Bonchev–Trinajstić information content (AvgIpc) is 2.23. The van der Waals surface area contributed by atoms with Gasteiger partial charge in [-0.15, -0.1) is 0 Å². The number of aromatic nitrogens is 1. The fourth-order valence-corrected chi connectivity index (χ4v) is 1.99. The Bertz CT molecular complexity index is 473. The van der Waals surface area contributed by atoms with E-state index < -0.39 is 36.7 Å². The van der Waals surface area contributed by atoms with E-state index in [1.165, 1.54) is 4.90 Å². The SMILES string of the molecule is CC(C)c1nc(N2CC(F)(F)C2)ccc1C(F)(F)F. The van der Waals surface area contributed by atoms with E-state index in [-0.39, 0.29) is 11.5 Å². The highest BCUT2D eigenvalue weighted by molar-refractivity contribution is 5.46. The smallest absolute Gasteiger partial charge is 0.344 e. The summed E-state index contributed by atoms with van der Waals surface area (Å²) >= 11 is 0. The van der Waals surface area contributed by atoms with Crippen LogP contribution in [0.5, 0.6) is 0 Å². The van der Waals surface area contributed by atoms with Crippen LogP contribution in [0.2, 0.25) is 0 Å². The van der Waals surface area contributed by atoms with Gasteiger partial charge in [0, 0.05) is 0 Å². The van der Waals surface area contributed by atoms with Gasteiger partial charge in [-0.05, 0) is 18.1 Å². The Balaban J connectivity index is 2.33. The molecule has 1 fully saturated rings. The second-order valence-corrected chi connectivity index (χ2v) is 4.97. The molecular formula is C12H13F5N2. The third kappa shape index (κ3) is 2.79. The number of nitrogens with zero attached hydrogens (tertiary/aromatic N) is 2. The zero-order valence-corrected chi connectivity index (χ0v) is 10.4. The van der Waals surface area contributed by atoms with Gasteiger partial charge in [-0.2, -0.15) is 13.2 Å². The highest BCUT2D eigenvalue weighted by Gasteiger charge is 2.45. The van der Waals surface area contributed by atoms with Crippen LogP contribution < -0.4 is 4.90 Å². The third-order valence-corrected chi connectivity index (χ3v) is 2.93. The minimum absolute atomic E-state index is 0.111. The molecule has 106 valence electrons. The Labute approximate surface area is 107 Å². The lowest BCUT2D eigenvalue weighted by Gasteiger charge is -2.39. The molecule has 1 aromatic rings. The van der Waals surface area contributed by atoms with E-state index in [0.29, 0.717) is 0 Å². The van der Waals surface area contributed by atoms with Crippen LogP contribution in [-0.4, -0.2) is 24.0 Å². The molecule has 2 nitrogen and oxygen atoms in total. The summed E-state index contributed by atoms with van der Waals surface area (Å²) in [4.78, 5) is 5.17. The van der Waals surface area contributed by atoms with Crippen LogP contribution in [0.15, 0.2) is 12.1 Å². The lowest BCUT2D eigenvalue weighted by atomic mass is 10.0. The first kappa shape index (κ1) is 14.0. The van der Waals surface area contributed by atoms with Gasteiger partial charge in [-0.3, -0.25) is 0 Å². The Morgan fingerprint density at radius 1 is 1.21 bits per heavy atom. The maximum Gasteiger partial charge on any atom is 0.418 e. The van der Waals surface area contributed by atoms with E-state index in [1.807, 2.05) is 0 Å². The van der Waals surface area contributed by atoms with Gasteiger partial charge >= 0.3 is 6.18 Å². The van der Waals surface area contributed by atoms with Crippen molar-refractivity contribution in [1.29, 1.82) is 0 Å². The van der Waals surface area contributed by atoms with Crippen LogP contribution in [-0.2, 0) is 6.18 Å². The van der Waals surface area contributed by atoms with Crippen molar-refractivity contribution in [2.24, 2.45) is 0 Å². The summed E-state index contributed by atoms with van der Waals surface area (Å²) in [7, 11) is 0. The third-order valence-electron chi connectivity index (χ3n) is 2.93. The molecule has 0 N–H and O–H groups in total. The first-order chi connectivity index (χ1) is 8.60. The summed E-state index contributed by atoms with van der Waals surface area (Å²) < 4.78 is 63.9. The molecule has 0 spiro atoms. The van der Waals surface area contributed by atoms with Crippen molar-refractivity contribution in [2.75, 3.05) is 18.0 Å². The molecule has 0 aromatic carbocycles. The van der Waals surface area contributed by atoms with Gasteiger partial charge in [0.15, 0.2) is 0 Å². The largest absolute Gasteiger partial charge is 0.418 e. The Kier molecular flexibility index (Phi) is 3.18. The van der Waals surface area contributed by atoms with Gasteiger partial charge in [0.2, 0.25) is 0 Å². The van der Waals surface area contributed by atoms with Crippen LogP contribution in [0.3, 0.4) is 0 Å². The number of hydrogen-bond donors (Lipinski definition) is 0. The fraction of sp³-hybridized carbons (Fsp3) is 0.583. The van der Waals surface area contributed by atoms with Crippen molar-refractivity contribution < 1.29 is 22.0 Å². The lowest BCUT2D eigenvalue weighted by molar-refractivity contribution is -0.138. The monoisotopic (exact) mass is 280 g/mol. The first-order valence-corrected chi connectivity index (χ1v) is 5.81. The first-order valence-electron chi connectivity index (χ1n) is 5.81. The van der Waals surface area contributed by atoms with E-state index in [2.05, 4.69) is 4.98 Å². The Hall–Kier alpha value is -1.40. The minimum atomic E-state index is -4.48. The molecule has 1 aliphatic heterocycles. The number of rotatable bonds is 2. The molecule has 7 heteroatoms. The molecular weight excluding hydrogens is 267 g/mol. The topological polar surface area (TPSA) is 16.1 Å². The maximum absolute atomic E-state index is 12.8. The second kappa shape index (κ2) is 4.31. The molecule has 1 aliphatic rings. The standard InChI is InChI=1S/C12H13F5N2/c1-7(2)10-8(12(15,16)17)3-4-9(18-10)19-5-11(13,14)6-19/h3-4,7H,5-6H2,1-2H3. The quantitative estimate of drug-likeness (QED) is 0.768. The molecule has 0 atom stereocenters. The van der Waals surface area contributed by atoms with Gasteiger partial charge < -0.3 is 4.90 Å². The molecule has 0 radical (unpaired) electrons. The summed E-state index contributed by atoms with van der Waals surface area (Å²) in [5, 5.41) is 0. The molecule has 0 saturated carbocycles. The number of halogens is 5. The van der Waals surface area contributed by atoms with Crippen molar-refractivity contribution in [2.45, 2.75) is 31.9 Å². The highest BCUT2D eigenvalue weighted by atomic mass is 19.4. The number of pyridine rings is 1. The van der Waals surface area contributed by atoms with Crippen molar-refractivity contribution in [3.63, 3.8) is 0 Å². The predicted octanol–water partition coefficient (Wildman–Crippen LogP) is 3.68. The van der Waals surface area contributed by atoms with E-state index in [1.54, 1.807) is 13.8 Å². The molecule has 19 heavy (non-hydrogen) atoms. The van der Waals surface area contributed by atoms with Crippen molar-refractivity contribution in [3.8, 4) is 0 Å². The van der Waals surface area contributed by atoms with Gasteiger partial charge in [-0.1, -0.05) is 13.8 Å². The zero-order valence-electron chi connectivity index (χ0n) is 10.4. The summed E-state index contributed by atoms with van der Waals surface area (Å²) in [6.45, 7) is 2.18. The second-order valence-electron chi connectivity index (χ2n) is 4.97. The van der Waals surface area contributed by atoms with Gasteiger partial charge in [0.05, 0.1) is 24.3 Å². The highest BCUT2D eigenvalue weighted by Crippen LogP contribution is 2.37. The molecule has 0 bridgehead atoms. The van der Waals surface area contributed by atoms with Crippen molar-refractivity contribution >= 4 is 5.82 Å². The van der Waals surface area contributed by atoms with Crippen LogP contribution >= 0.6 is 0 Å². The molecule has 1 saturated heterocycles. The van der Waals surface area contributed by atoms with Crippen LogP contribution in [0, 0.1) is 0 Å². The average molecular weight is 280 g/mol. The normalized spacial score (nSPS) is 18.6. The summed E-state index contributed by atoms with van der Waals surface area (Å²) in [5.74, 6) is -3.04. The molecule has 0 amide bonds. The molecule has 0 aliphatic carbocycles. The molecule has 2 heterocycles. The summed E-state index contributed by atoms with van der Waals surface area (Å²) in [5.41, 5.74) is -0.918. The van der Waals surface area contributed by atoms with Crippen LogP contribution in [0.25, 0.3) is 0 Å². The Morgan fingerprint density at radius 2 is 1.79 bits per heavy atom. The Morgan fingerprint density at radius 3 is 2.21 bits per heavy atom. The van der Waals surface area contributed by atoms with E-state index in [0.717, 1.165) is 12.1 Å². The van der Waals surface area contributed by atoms with Gasteiger partial charge in [0.25, 0.3) is 5.92 Å². The minimum Gasteiger partial charge on any atom is -0.344 e. The molecule has 1 aromatic heterocycles. The van der Waals surface area contributed by atoms with Crippen LogP contribution in [0.1, 0.15) is 31.0 Å². The van der Waals surface area contributed by atoms with E-state index >= 15 is 0 Å². The van der Waals surface area contributed by atoms with E-state index in [4.69, 9.17) is 0 Å². The number of hydrogen-bond acceptors (Lipinski definition) is 2. The zero-order chi connectivity index (χ0) is 14.4. The predicted molar refractivity (Wildman–Crippen MR) is 60.5 cm³/mol. The number of alkyl halides is 5. The van der Waals surface area contributed by atoms with Crippen molar-refractivity contribution in [1.82, 2.24) is 4.98 Å². The lowest BCUT2D eigenvalue weighted by Crippen LogP contribution is -2.56. The molecule has 2 rings (SSSR count).